The minimum Gasteiger partial charge on any atom is -0.478 e. The predicted molar refractivity (Wildman–Crippen MR) is 149 cm³/mol. The first-order chi connectivity index (χ1) is 18.9. The number of aliphatic hydroxyl groups is 1. The molecule has 9 heteroatoms. The summed E-state index contributed by atoms with van der Waals surface area (Å²) < 4.78 is 17.9. The Hall–Kier alpha value is -3.63. The molecule has 1 aliphatic rings. The summed E-state index contributed by atoms with van der Waals surface area (Å²) >= 11 is 1.43. The van der Waals surface area contributed by atoms with Gasteiger partial charge in [0.1, 0.15) is 6.61 Å². The molecular formula is C30H31NO7S. The van der Waals surface area contributed by atoms with E-state index in [9.17, 15) is 19.8 Å². The number of nitrogens with one attached hydrogen (secondary N) is 1. The molecule has 1 aliphatic heterocycles. The fraction of sp³-hybridized carbons (Fsp3) is 0.267. The second-order valence-electron chi connectivity index (χ2n) is 9.07. The number of hydrogen-bond donors (Lipinski definition) is 3. The van der Waals surface area contributed by atoms with Crippen molar-refractivity contribution in [1.29, 1.82) is 0 Å². The molecule has 0 bridgehead atoms. The Balaban J connectivity index is 1.59. The molecule has 3 aromatic carbocycles. The van der Waals surface area contributed by atoms with Crippen LogP contribution >= 0.6 is 11.8 Å². The standard InChI is InChI=1S/C30H31NO7S/c1-3-15-36-30(35)31-23-8-6-7-22(16-23)29-37-25(18-39-26-10-5-4-9-24(26)28(33)34)19(2)27(38-29)21-13-11-20(17-32)12-14-21/h3-14,16,19,25,27,29,32H,1,15,17-18H2,2H3,(H,31,35)(H,33,34)/t19-,25+,27+,29+/m0/s1. The number of carbonyl (C=O) groups excluding carboxylic acids is 1. The van der Waals surface area contributed by atoms with Crippen LogP contribution < -0.4 is 5.32 Å². The Morgan fingerprint density at radius 3 is 2.54 bits per heavy atom. The minimum atomic E-state index is -0.977. The van der Waals surface area contributed by atoms with E-state index < -0.39 is 18.4 Å². The smallest absolute Gasteiger partial charge is 0.411 e. The average molecular weight is 550 g/mol. The molecule has 8 nitrogen and oxygen atoms in total. The highest BCUT2D eigenvalue weighted by atomic mass is 32.2. The molecule has 39 heavy (non-hydrogen) atoms. The third kappa shape index (κ3) is 7.27. The van der Waals surface area contributed by atoms with Gasteiger partial charge in [0.25, 0.3) is 0 Å². The number of anilines is 1. The van der Waals surface area contributed by atoms with Gasteiger partial charge in [0.15, 0.2) is 6.29 Å². The van der Waals surface area contributed by atoms with E-state index >= 15 is 0 Å². The van der Waals surface area contributed by atoms with Crippen molar-refractivity contribution < 1.29 is 34.0 Å². The Kier molecular flexibility index (Phi) is 9.78. The van der Waals surface area contributed by atoms with Crippen molar-refractivity contribution in [2.45, 2.75) is 36.9 Å². The van der Waals surface area contributed by atoms with Gasteiger partial charge in [-0.3, -0.25) is 5.32 Å². The van der Waals surface area contributed by atoms with Crippen LogP contribution in [0, 0.1) is 5.92 Å². The number of benzene rings is 3. The molecule has 1 amide bonds. The van der Waals surface area contributed by atoms with E-state index in [1.54, 1.807) is 36.4 Å². The van der Waals surface area contributed by atoms with Crippen LogP contribution in [0.2, 0.25) is 0 Å². The molecule has 0 saturated carbocycles. The maximum Gasteiger partial charge on any atom is 0.411 e. The number of thioether (sulfide) groups is 1. The molecule has 0 unspecified atom stereocenters. The zero-order valence-electron chi connectivity index (χ0n) is 21.5. The molecule has 4 atom stereocenters. The van der Waals surface area contributed by atoms with Gasteiger partial charge in [0.2, 0.25) is 0 Å². The predicted octanol–water partition coefficient (Wildman–Crippen LogP) is 6.20. The van der Waals surface area contributed by atoms with Crippen LogP contribution in [0.3, 0.4) is 0 Å². The number of carbonyl (C=O) groups is 2. The Bertz CT molecular complexity index is 1300. The summed E-state index contributed by atoms with van der Waals surface area (Å²) in [5.74, 6) is -0.543. The molecule has 204 valence electrons. The summed E-state index contributed by atoms with van der Waals surface area (Å²) in [5, 5.41) is 21.7. The molecular weight excluding hydrogens is 518 g/mol. The fourth-order valence-corrected chi connectivity index (χ4v) is 5.51. The van der Waals surface area contributed by atoms with Crippen molar-refractivity contribution in [3.63, 3.8) is 0 Å². The first kappa shape index (κ1) is 28.4. The lowest BCUT2D eigenvalue weighted by Gasteiger charge is -2.41. The molecule has 1 saturated heterocycles. The number of aliphatic hydroxyl groups excluding tert-OH is 1. The summed E-state index contributed by atoms with van der Waals surface area (Å²) in [6.07, 6.45) is -0.464. The van der Waals surface area contributed by atoms with Gasteiger partial charge in [-0.15, -0.1) is 11.8 Å². The van der Waals surface area contributed by atoms with Crippen LogP contribution in [0.4, 0.5) is 10.5 Å². The van der Waals surface area contributed by atoms with Crippen molar-refractivity contribution >= 4 is 29.5 Å². The zero-order valence-corrected chi connectivity index (χ0v) is 22.3. The van der Waals surface area contributed by atoms with E-state index in [2.05, 4.69) is 11.9 Å². The number of hydrogen-bond acceptors (Lipinski definition) is 7. The van der Waals surface area contributed by atoms with E-state index in [1.807, 2.05) is 43.3 Å². The lowest BCUT2D eigenvalue weighted by Crippen LogP contribution is -2.38. The Labute approximate surface area is 231 Å². The molecule has 3 aromatic rings. The highest BCUT2D eigenvalue weighted by Crippen LogP contribution is 2.43. The number of carboxylic acids is 1. The van der Waals surface area contributed by atoms with Gasteiger partial charge in [-0.25, -0.2) is 9.59 Å². The largest absolute Gasteiger partial charge is 0.478 e. The van der Waals surface area contributed by atoms with Crippen molar-refractivity contribution in [3.8, 4) is 0 Å². The third-order valence-corrected chi connectivity index (χ3v) is 7.54. The van der Waals surface area contributed by atoms with Crippen LogP contribution in [0.25, 0.3) is 0 Å². The lowest BCUT2D eigenvalue weighted by molar-refractivity contribution is -0.268. The van der Waals surface area contributed by atoms with Crippen molar-refractivity contribution in [2.24, 2.45) is 5.92 Å². The first-order valence-electron chi connectivity index (χ1n) is 12.5. The molecule has 0 radical (unpaired) electrons. The summed E-state index contributed by atoms with van der Waals surface area (Å²) in [6, 6.07) is 21.7. The van der Waals surface area contributed by atoms with Gasteiger partial charge in [-0.1, -0.05) is 68.1 Å². The van der Waals surface area contributed by atoms with E-state index in [0.717, 1.165) is 11.1 Å². The highest BCUT2D eigenvalue weighted by molar-refractivity contribution is 7.99. The molecule has 4 rings (SSSR count). The number of rotatable bonds is 10. The van der Waals surface area contributed by atoms with Crippen LogP contribution in [0.1, 0.15) is 46.4 Å². The fourth-order valence-electron chi connectivity index (χ4n) is 4.30. The zero-order chi connectivity index (χ0) is 27.8. The average Bonchev–Trinajstić information content (AvgIpc) is 2.96. The van der Waals surface area contributed by atoms with E-state index in [1.165, 1.54) is 17.8 Å². The van der Waals surface area contributed by atoms with Crippen molar-refractivity contribution in [1.82, 2.24) is 0 Å². The summed E-state index contributed by atoms with van der Waals surface area (Å²) in [5.41, 5.74) is 3.22. The molecule has 0 aromatic heterocycles. The molecule has 3 N–H and O–H groups in total. The van der Waals surface area contributed by atoms with E-state index in [4.69, 9.17) is 14.2 Å². The van der Waals surface area contributed by atoms with Crippen LogP contribution in [-0.4, -0.2) is 40.7 Å². The van der Waals surface area contributed by atoms with Gasteiger partial charge in [0, 0.05) is 27.8 Å². The summed E-state index contributed by atoms with van der Waals surface area (Å²) in [4.78, 5) is 24.4. The Morgan fingerprint density at radius 1 is 1.05 bits per heavy atom. The maximum atomic E-state index is 12.0. The number of amides is 1. The molecule has 1 fully saturated rings. The second-order valence-corrected chi connectivity index (χ2v) is 10.1. The summed E-state index contributed by atoms with van der Waals surface area (Å²) in [6.45, 7) is 5.63. The van der Waals surface area contributed by atoms with Gasteiger partial charge in [0.05, 0.1) is 24.4 Å². The third-order valence-electron chi connectivity index (χ3n) is 6.38. The molecule has 1 heterocycles. The van der Waals surface area contributed by atoms with E-state index in [-0.39, 0.29) is 36.9 Å². The topological polar surface area (TPSA) is 114 Å². The number of ether oxygens (including phenoxy) is 3. The van der Waals surface area contributed by atoms with Gasteiger partial charge < -0.3 is 24.4 Å². The van der Waals surface area contributed by atoms with Gasteiger partial charge >= 0.3 is 12.1 Å². The maximum absolute atomic E-state index is 12.0. The second kappa shape index (κ2) is 13.4. The highest BCUT2D eigenvalue weighted by Gasteiger charge is 2.38. The van der Waals surface area contributed by atoms with Crippen molar-refractivity contribution in [2.75, 3.05) is 17.7 Å². The van der Waals surface area contributed by atoms with Crippen LogP contribution in [-0.2, 0) is 20.8 Å². The minimum absolute atomic E-state index is 0.0512. The van der Waals surface area contributed by atoms with Crippen LogP contribution in [0.15, 0.2) is 90.3 Å². The lowest BCUT2D eigenvalue weighted by atomic mass is 9.91. The van der Waals surface area contributed by atoms with Gasteiger partial charge in [-0.05, 0) is 35.4 Å². The number of aromatic carboxylic acids is 1. The monoisotopic (exact) mass is 549 g/mol. The Morgan fingerprint density at radius 2 is 1.82 bits per heavy atom. The summed E-state index contributed by atoms with van der Waals surface area (Å²) in [7, 11) is 0. The number of carboxylic acid groups (broad SMARTS) is 1. The molecule has 0 aliphatic carbocycles. The van der Waals surface area contributed by atoms with E-state index in [0.29, 0.717) is 21.9 Å². The molecule has 0 spiro atoms. The SMILES string of the molecule is C=CCOC(=O)Nc1cccc([C@@H]2O[C@H](CSc3ccccc3C(=O)O)[C@H](C)[C@H](c3ccc(CO)cc3)O2)c1. The quantitative estimate of drug-likeness (QED) is 0.202. The van der Waals surface area contributed by atoms with Crippen LogP contribution in [0.5, 0.6) is 0 Å². The van der Waals surface area contributed by atoms with Gasteiger partial charge in [-0.2, -0.15) is 0 Å². The van der Waals surface area contributed by atoms with Crippen molar-refractivity contribution in [3.05, 3.63) is 108 Å². The first-order valence-corrected chi connectivity index (χ1v) is 13.5. The normalized spacial score (nSPS) is 20.7.